The number of fused-ring (bicyclic) bond motifs is 3. The molecule has 1 N–H and O–H groups in total. The van der Waals surface area contributed by atoms with E-state index in [0.717, 1.165) is 31.0 Å². The first-order chi connectivity index (χ1) is 8.05. The second kappa shape index (κ2) is 3.60. The molecule has 0 amide bonds. The van der Waals surface area contributed by atoms with Gasteiger partial charge in [-0.2, -0.15) is 13.2 Å². The Morgan fingerprint density at radius 3 is 3.00 bits per heavy atom. The number of halogens is 3. The van der Waals surface area contributed by atoms with Crippen LogP contribution in [0.4, 0.5) is 13.2 Å². The van der Waals surface area contributed by atoms with Crippen LogP contribution < -0.4 is 10.1 Å². The van der Waals surface area contributed by atoms with Gasteiger partial charge in [0, 0.05) is 17.8 Å². The number of piperidine rings is 1. The summed E-state index contributed by atoms with van der Waals surface area (Å²) in [6.07, 6.45) is -1.34. The Kier molecular flexibility index (Phi) is 2.29. The van der Waals surface area contributed by atoms with Crippen molar-refractivity contribution >= 4 is 0 Å². The molecule has 3 rings (SSSR count). The minimum atomic E-state index is -4.42. The molecule has 0 spiro atoms. The van der Waals surface area contributed by atoms with Crippen LogP contribution in [0.5, 0.6) is 5.75 Å². The monoisotopic (exact) mass is 244 g/mol. The standard InChI is InChI=1S/C11H11F3N2O/c12-11(13,14)9-4-8-6(5-16-9)10-7(17-8)2-1-3-15-10/h4-5,7,10,15H,1-3H2/t7-,10-/m0/s1. The normalized spacial score (nSPS) is 27.2. The molecular formula is C11H11F3N2O. The van der Waals surface area contributed by atoms with E-state index in [-0.39, 0.29) is 12.1 Å². The van der Waals surface area contributed by atoms with Gasteiger partial charge in [0.25, 0.3) is 0 Å². The van der Waals surface area contributed by atoms with Crippen LogP contribution in [0.25, 0.3) is 0 Å². The Morgan fingerprint density at radius 1 is 1.41 bits per heavy atom. The van der Waals surface area contributed by atoms with Crippen LogP contribution in [0.3, 0.4) is 0 Å². The van der Waals surface area contributed by atoms with Crippen LogP contribution in [0, 0.1) is 0 Å². The Balaban J connectivity index is 1.97. The van der Waals surface area contributed by atoms with Crippen molar-refractivity contribution in [3.63, 3.8) is 0 Å². The Labute approximate surface area is 96.0 Å². The highest BCUT2D eigenvalue weighted by atomic mass is 19.4. The molecule has 1 aromatic heterocycles. The van der Waals surface area contributed by atoms with Crippen molar-refractivity contribution in [2.24, 2.45) is 0 Å². The second-order valence-electron chi connectivity index (χ2n) is 4.34. The van der Waals surface area contributed by atoms with Crippen LogP contribution in [-0.4, -0.2) is 17.6 Å². The molecule has 3 nitrogen and oxygen atoms in total. The molecule has 1 aromatic rings. The molecule has 0 radical (unpaired) electrons. The van der Waals surface area contributed by atoms with Gasteiger partial charge in [0.1, 0.15) is 17.5 Å². The average Bonchev–Trinajstić information content (AvgIpc) is 2.65. The van der Waals surface area contributed by atoms with Crippen LogP contribution in [0.1, 0.15) is 30.1 Å². The summed E-state index contributed by atoms with van der Waals surface area (Å²) in [7, 11) is 0. The second-order valence-corrected chi connectivity index (χ2v) is 4.34. The van der Waals surface area contributed by atoms with E-state index < -0.39 is 11.9 Å². The third-order valence-corrected chi connectivity index (χ3v) is 3.20. The van der Waals surface area contributed by atoms with Gasteiger partial charge < -0.3 is 10.1 Å². The van der Waals surface area contributed by atoms with E-state index in [1.807, 2.05) is 0 Å². The first-order valence-corrected chi connectivity index (χ1v) is 5.53. The predicted octanol–water partition coefficient (Wildman–Crippen LogP) is 2.29. The smallest absolute Gasteiger partial charge is 0.433 e. The fourth-order valence-electron chi connectivity index (χ4n) is 2.40. The van der Waals surface area contributed by atoms with Crippen molar-refractivity contribution < 1.29 is 17.9 Å². The lowest BCUT2D eigenvalue weighted by molar-refractivity contribution is -0.141. The first kappa shape index (κ1) is 10.8. The predicted molar refractivity (Wildman–Crippen MR) is 53.6 cm³/mol. The molecule has 1 fully saturated rings. The maximum atomic E-state index is 12.5. The van der Waals surface area contributed by atoms with E-state index in [1.54, 1.807) is 0 Å². The summed E-state index contributed by atoms with van der Waals surface area (Å²) in [6.45, 7) is 0.866. The van der Waals surface area contributed by atoms with Gasteiger partial charge in [-0.25, -0.2) is 0 Å². The van der Waals surface area contributed by atoms with Gasteiger partial charge in [-0.3, -0.25) is 4.98 Å². The highest BCUT2D eigenvalue weighted by molar-refractivity contribution is 5.41. The van der Waals surface area contributed by atoms with Crippen molar-refractivity contribution in [1.29, 1.82) is 0 Å². The van der Waals surface area contributed by atoms with Crippen LogP contribution in [0.15, 0.2) is 12.3 Å². The molecule has 17 heavy (non-hydrogen) atoms. The first-order valence-electron chi connectivity index (χ1n) is 5.53. The molecule has 6 heteroatoms. The molecule has 1 saturated heterocycles. The maximum Gasteiger partial charge on any atom is 0.433 e. The summed E-state index contributed by atoms with van der Waals surface area (Å²) < 4.78 is 43.0. The highest BCUT2D eigenvalue weighted by Crippen LogP contribution is 2.41. The SMILES string of the molecule is FC(F)(F)c1cc2c(cn1)[C@@H]1NCCC[C@@H]1O2. The molecule has 0 unspecified atom stereocenters. The number of nitrogens with one attached hydrogen (secondary N) is 1. The number of hydrogen-bond acceptors (Lipinski definition) is 3. The van der Waals surface area contributed by atoms with E-state index in [0.29, 0.717) is 5.75 Å². The number of hydrogen-bond donors (Lipinski definition) is 1. The number of rotatable bonds is 0. The van der Waals surface area contributed by atoms with Crippen molar-refractivity contribution in [2.45, 2.75) is 31.2 Å². The van der Waals surface area contributed by atoms with E-state index in [4.69, 9.17) is 4.74 Å². The Hall–Kier alpha value is -1.30. The summed E-state index contributed by atoms with van der Waals surface area (Å²) in [6, 6.07) is 0.989. The quantitative estimate of drug-likeness (QED) is 0.760. The topological polar surface area (TPSA) is 34.2 Å². The van der Waals surface area contributed by atoms with E-state index in [9.17, 15) is 13.2 Å². The third kappa shape index (κ3) is 1.76. The number of aromatic nitrogens is 1. The molecule has 92 valence electrons. The lowest BCUT2D eigenvalue weighted by Crippen LogP contribution is -2.36. The molecule has 2 atom stereocenters. The summed E-state index contributed by atoms with van der Waals surface area (Å²) >= 11 is 0. The molecular weight excluding hydrogens is 233 g/mol. The molecule has 0 aliphatic carbocycles. The van der Waals surface area contributed by atoms with Gasteiger partial charge in [-0.15, -0.1) is 0 Å². The van der Waals surface area contributed by atoms with Gasteiger partial charge in [0.15, 0.2) is 0 Å². The molecule has 2 aliphatic rings. The van der Waals surface area contributed by atoms with Crippen molar-refractivity contribution in [3.05, 3.63) is 23.5 Å². The van der Waals surface area contributed by atoms with Gasteiger partial charge in [0.05, 0.1) is 6.04 Å². The molecule has 0 aromatic carbocycles. The molecule has 2 aliphatic heterocycles. The zero-order valence-corrected chi connectivity index (χ0v) is 8.92. The highest BCUT2D eigenvalue weighted by Gasteiger charge is 2.39. The van der Waals surface area contributed by atoms with Crippen LogP contribution in [-0.2, 0) is 6.18 Å². The van der Waals surface area contributed by atoms with Gasteiger partial charge >= 0.3 is 6.18 Å². The lowest BCUT2D eigenvalue weighted by Gasteiger charge is -2.25. The van der Waals surface area contributed by atoms with Gasteiger partial charge in [-0.05, 0) is 19.4 Å². The van der Waals surface area contributed by atoms with E-state index >= 15 is 0 Å². The largest absolute Gasteiger partial charge is 0.488 e. The van der Waals surface area contributed by atoms with Crippen molar-refractivity contribution in [3.8, 4) is 5.75 Å². The zero-order valence-electron chi connectivity index (χ0n) is 8.92. The van der Waals surface area contributed by atoms with Crippen molar-refractivity contribution in [1.82, 2.24) is 10.3 Å². The van der Waals surface area contributed by atoms with E-state index in [2.05, 4.69) is 10.3 Å². The Morgan fingerprint density at radius 2 is 2.24 bits per heavy atom. The fourth-order valence-corrected chi connectivity index (χ4v) is 2.40. The summed E-state index contributed by atoms with van der Waals surface area (Å²) in [5, 5.41) is 3.25. The molecule has 0 saturated carbocycles. The van der Waals surface area contributed by atoms with Gasteiger partial charge in [0.2, 0.25) is 0 Å². The molecule has 3 heterocycles. The minimum absolute atomic E-state index is 0.00599. The summed E-state index contributed by atoms with van der Waals surface area (Å²) in [4.78, 5) is 3.47. The number of alkyl halides is 3. The Bertz CT molecular complexity index is 447. The van der Waals surface area contributed by atoms with Crippen molar-refractivity contribution in [2.75, 3.05) is 6.54 Å². The maximum absolute atomic E-state index is 12.5. The van der Waals surface area contributed by atoms with Crippen LogP contribution in [0.2, 0.25) is 0 Å². The number of pyridine rings is 1. The number of ether oxygens (including phenoxy) is 1. The lowest BCUT2D eigenvalue weighted by atomic mass is 9.98. The fraction of sp³-hybridized carbons (Fsp3) is 0.545. The summed E-state index contributed by atoms with van der Waals surface area (Å²) in [5.74, 6) is 0.316. The van der Waals surface area contributed by atoms with Gasteiger partial charge in [-0.1, -0.05) is 0 Å². The zero-order chi connectivity index (χ0) is 12.0. The molecule has 0 bridgehead atoms. The van der Waals surface area contributed by atoms with Crippen LogP contribution >= 0.6 is 0 Å². The average molecular weight is 244 g/mol. The van der Waals surface area contributed by atoms with E-state index in [1.165, 1.54) is 6.20 Å². The number of nitrogens with zero attached hydrogens (tertiary/aromatic N) is 1. The third-order valence-electron chi connectivity index (χ3n) is 3.20. The minimum Gasteiger partial charge on any atom is -0.488 e. The summed E-state index contributed by atoms with van der Waals surface area (Å²) in [5.41, 5.74) is -0.155.